The maximum atomic E-state index is 14.3. The highest BCUT2D eigenvalue weighted by Crippen LogP contribution is 2.58. The molecular weight excluding hydrogens is 934 g/mol. The molecule has 2 fully saturated rings. The maximum absolute atomic E-state index is 14.3. The Balaban J connectivity index is 3.11. The van der Waals surface area contributed by atoms with Crippen LogP contribution < -0.4 is 0 Å². The lowest BCUT2D eigenvalue weighted by Crippen LogP contribution is -2.70. The summed E-state index contributed by atoms with van der Waals surface area (Å²) in [5.74, 6) is 0. The van der Waals surface area contributed by atoms with Crippen LogP contribution in [0.2, 0.25) is 0 Å². The van der Waals surface area contributed by atoms with Gasteiger partial charge in [0, 0.05) is 22.2 Å². The number of nitrogens with zero attached hydrogens (tertiary/aromatic N) is 2. The van der Waals surface area contributed by atoms with E-state index in [9.17, 15) is 89.4 Å². The molecule has 2 saturated heterocycles. The molecule has 388 valence electrons. The highest BCUT2D eigenvalue weighted by Gasteiger charge is 2.87. The molecule has 0 amide bonds. The SMILES string of the molecule is CCC1(CC)CC(OCC(COC2CC(CC)(CC)N(O)C(CC)(CC)C2)(COC(C(F)(F)F)(C(F)(F)F)C(F)(F)F)COC(C(F)(F)F)(C(F)(F)F)C(F)(F)F)CC(CC)(CC)N1O. The van der Waals surface area contributed by atoms with Gasteiger partial charge in [0.15, 0.2) is 0 Å². The number of hydrogen-bond donors (Lipinski definition) is 2. The predicted octanol–water partition coefficient (Wildman–Crippen LogP) is 12.8. The van der Waals surface area contributed by atoms with Gasteiger partial charge in [-0.05, 0) is 77.0 Å². The Morgan fingerprint density at radius 1 is 0.369 bits per heavy atom. The molecule has 2 N–H and O–H groups in total. The molecule has 0 aromatic heterocycles. The van der Waals surface area contributed by atoms with Crippen molar-refractivity contribution in [1.82, 2.24) is 10.1 Å². The molecule has 2 heterocycles. The Kier molecular flexibility index (Phi) is 18.4. The van der Waals surface area contributed by atoms with Crippen molar-refractivity contribution in [3.63, 3.8) is 0 Å². The quantitative estimate of drug-likeness (QED) is 0.117. The first kappa shape index (κ1) is 59.5. The molecule has 2 rings (SSSR count). The monoisotopic (exact) mass is 994 g/mol. The van der Waals surface area contributed by atoms with Gasteiger partial charge in [-0.1, -0.05) is 55.4 Å². The third-order valence-electron chi connectivity index (χ3n) is 14.3. The molecule has 8 nitrogen and oxygen atoms in total. The number of halogens is 18. The zero-order valence-corrected chi connectivity index (χ0v) is 37.2. The molecule has 0 radical (unpaired) electrons. The zero-order valence-electron chi connectivity index (χ0n) is 37.2. The summed E-state index contributed by atoms with van der Waals surface area (Å²) in [5.41, 5.74) is -23.3. The zero-order chi connectivity index (χ0) is 51.0. The van der Waals surface area contributed by atoms with Gasteiger partial charge in [-0.25, -0.2) is 0 Å². The summed E-state index contributed by atoms with van der Waals surface area (Å²) in [5, 5.41) is 24.9. The van der Waals surface area contributed by atoms with Crippen LogP contribution in [0.25, 0.3) is 0 Å². The van der Waals surface area contributed by atoms with E-state index in [2.05, 4.69) is 9.47 Å². The number of hydrogen-bond acceptors (Lipinski definition) is 8. The molecule has 65 heavy (non-hydrogen) atoms. The third kappa shape index (κ3) is 10.6. The summed E-state index contributed by atoms with van der Waals surface area (Å²) in [6.45, 7) is 3.25. The van der Waals surface area contributed by atoms with E-state index in [-0.39, 0.29) is 77.0 Å². The molecule has 2 aliphatic heterocycles. The molecule has 0 aromatic rings. The lowest BCUT2D eigenvalue weighted by atomic mass is 9.71. The van der Waals surface area contributed by atoms with Crippen LogP contribution in [-0.2, 0) is 18.9 Å². The van der Waals surface area contributed by atoms with E-state index in [0.29, 0.717) is 0 Å². The van der Waals surface area contributed by atoms with E-state index in [4.69, 9.17) is 9.47 Å². The van der Waals surface area contributed by atoms with E-state index < -0.39 is 114 Å². The van der Waals surface area contributed by atoms with Crippen molar-refractivity contribution in [3.8, 4) is 0 Å². The summed E-state index contributed by atoms with van der Waals surface area (Å²) >= 11 is 0. The smallest absolute Gasteiger partial charge is 0.377 e. The van der Waals surface area contributed by atoms with Crippen LogP contribution in [0.1, 0.15) is 132 Å². The van der Waals surface area contributed by atoms with Gasteiger partial charge in [-0.2, -0.15) is 89.2 Å². The fourth-order valence-electron chi connectivity index (χ4n) is 9.60. The molecule has 0 atom stereocenters. The number of piperidine rings is 2. The Morgan fingerprint density at radius 2 is 0.554 bits per heavy atom. The first-order valence-electron chi connectivity index (χ1n) is 21.2. The molecule has 0 aliphatic carbocycles. The van der Waals surface area contributed by atoms with Gasteiger partial charge >= 0.3 is 48.3 Å². The Morgan fingerprint density at radius 3 is 0.708 bits per heavy atom. The van der Waals surface area contributed by atoms with Crippen molar-refractivity contribution >= 4 is 0 Å². The van der Waals surface area contributed by atoms with E-state index in [1.54, 1.807) is 55.4 Å². The largest absolute Gasteiger partial charge is 0.435 e. The average Bonchev–Trinajstić information content (AvgIpc) is 3.17. The van der Waals surface area contributed by atoms with Gasteiger partial charge in [0.25, 0.3) is 0 Å². The van der Waals surface area contributed by atoms with Gasteiger partial charge in [0.05, 0.1) is 44.1 Å². The number of ether oxygens (including phenoxy) is 4. The van der Waals surface area contributed by atoms with Crippen molar-refractivity contribution in [3.05, 3.63) is 0 Å². The summed E-state index contributed by atoms with van der Waals surface area (Å²) < 4.78 is 277. The first-order chi connectivity index (χ1) is 29.3. The van der Waals surface area contributed by atoms with Crippen LogP contribution in [0, 0.1) is 5.41 Å². The molecule has 26 heteroatoms. The lowest BCUT2D eigenvalue weighted by Gasteiger charge is -2.57. The number of alkyl halides is 18. The second-order valence-electron chi connectivity index (χ2n) is 17.5. The van der Waals surface area contributed by atoms with Crippen molar-refractivity contribution in [2.75, 3.05) is 26.4 Å². The van der Waals surface area contributed by atoms with E-state index in [1.807, 2.05) is 0 Å². The first-order valence-corrected chi connectivity index (χ1v) is 21.2. The van der Waals surface area contributed by atoms with E-state index in [1.165, 1.54) is 0 Å². The van der Waals surface area contributed by atoms with Crippen LogP contribution in [0.15, 0.2) is 0 Å². The summed E-state index contributed by atoms with van der Waals surface area (Å²) in [4.78, 5) is 0. The van der Waals surface area contributed by atoms with Crippen LogP contribution in [0.4, 0.5) is 79.0 Å². The minimum atomic E-state index is -7.53. The van der Waals surface area contributed by atoms with Gasteiger partial charge in [-0.3, -0.25) is 0 Å². The van der Waals surface area contributed by atoms with E-state index >= 15 is 0 Å². The van der Waals surface area contributed by atoms with E-state index in [0.717, 1.165) is 10.1 Å². The normalized spacial score (nSPS) is 21.6. The van der Waals surface area contributed by atoms with Gasteiger partial charge in [0.2, 0.25) is 0 Å². The minimum Gasteiger partial charge on any atom is -0.377 e. The van der Waals surface area contributed by atoms with Crippen LogP contribution in [-0.4, -0.2) is 130 Å². The molecular formula is C39H60F18N2O6. The van der Waals surface area contributed by atoms with Crippen LogP contribution in [0.3, 0.4) is 0 Å². The molecule has 0 spiro atoms. The standard InChI is InChI=1S/C39H60F18N2O6/c1-9-28(10-2)17-25(18-29(11-3,12-4)58(28)60)62-21-27(23-64-32(34(40,41)42,35(43,44)45)36(46,47)48,24-65-33(37(49,50)51,38(52,53)54)39(55,56)57)22-63-26-19-30(13-5,14-6)59(61)31(15-7,16-8)20-26/h25-26,60-61H,9-24H2,1-8H3. The van der Waals surface area contributed by atoms with Crippen molar-refractivity contribution < 1.29 is 108 Å². The average molecular weight is 995 g/mol. The Labute approximate surface area is 365 Å². The van der Waals surface area contributed by atoms with Crippen molar-refractivity contribution in [2.45, 2.75) is 215 Å². The molecule has 0 bridgehead atoms. The van der Waals surface area contributed by atoms with Crippen LogP contribution in [0.5, 0.6) is 0 Å². The van der Waals surface area contributed by atoms with Gasteiger partial charge in [0.1, 0.15) is 0 Å². The predicted molar refractivity (Wildman–Crippen MR) is 195 cm³/mol. The lowest BCUT2D eigenvalue weighted by molar-refractivity contribution is -0.468. The second kappa shape index (κ2) is 20.0. The number of rotatable bonds is 20. The molecule has 0 saturated carbocycles. The second-order valence-corrected chi connectivity index (χ2v) is 17.5. The van der Waals surface area contributed by atoms with Crippen molar-refractivity contribution in [1.29, 1.82) is 0 Å². The van der Waals surface area contributed by atoms with Gasteiger partial charge in [-0.15, -0.1) is 0 Å². The highest BCUT2D eigenvalue weighted by atomic mass is 19.4. The van der Waals surface area contributed by atoms with Gasteiger partial charge < -0.3 is 29.4 Å². The molecule has 2 aliphatic rings. The third-order valence-corrected chi connectivity index (χ3v) is 14.3. The topological polar surface area (TPSA) is 83.9 Å². The summed E-state index contributed by atoms with van der Waals surface area (Å²) in [6, 6.07) is 0. The molecule has 0 unspecified atom stereocenters. The summed E-state index contributed by atoms with van der Waals surface area (Å²) in [7, 11) is 0. The molecule has 0 aromatic carbocycles. The maximum Gasteiger partial charge on any atom is 0.435 e. The highest BCUT2D eigenvalue weighted by molar-refractivity contribution is 5.08. The summed E-state index contributed by atoms with van der Waals surface area (Å²) in [6.07, 6.45) is -48.6. The van der Waals surface area contributed by atoms with Crippen LogP contribution >= 0.6 is 0 Å². The Bertz CT molecular complexity index is 1270. The number of hydroxylamine groups is 4. The minimum absolute atomic E-state index is 0.0927. The van der Waals surface area contributed by atoms with Crippen molar-refractivity contribution in [2.24, 2.45) is 5.41 Å². The fourth-order valence-corrected chi connectivity index (χ4v) is 9.60. The fraction of sp³-hybridized carbons (Fsp3) is 1.00. The Hall–Kier alpha value is -1.58.